The summed E-state index contributed by atoms with van der Waals surface area (Å²) in [7, 11) is 0. The van der Waals surface area contributed by atoms with Crippen LogP contribution in [0.2, 0.25) is 5.02 Å². The van der Waals surface area contributed by atoms with Gasteiger partial charge in [0.1, 0.15) is 5.82 Å². The molecule has 0 spiro atoms. The van der Waals surface area contributed by atoms with Gasteiger partial charge in [0, 0.05) is 31.9 Å². The molecular formula is C18H24ClN3O2. The van der Waals surface area contributed by atoms with Gasteiger partial charge in [0.25, 0.3) is 5.91 Å². The molecule has 130 valence electrons. The van der Waals surface area contributed by atoms with E-state index in [-0.39, 0.29) is 5.91 Å². The van der Waals surface area contributed by atoms with Crippen molar-refractivity contribution in [1.29, 1.82) is 0 Å². The zero-order chi connectivity index (χ0) is 16.5. The van der Waals surface area contributed by atoms with E-state index in [0.29, 0.717) is 42.9 Å². The van der Waals surface area contributed by atoms with Crippen LogP contribution in [0.15, 0.2) is 12.3 Å². The van der Waals surface area contributed by atoms with Gasteiger partial charge in [-0.05, 0) is 31.2 Å². The third kappa shape index (κ3) is 3.00. The van der Waals surface area contributed by atoms with Crippen LogP contribution < -0.4 is 4.90 Å². The van der Waals surface area contributed by atoms with Crippen molar-refractivity contribution in [3.63, 3.8) is 0 Å². The fourth-order valence-electron chi connectivity index (χ4n) is 4.38. The van der Waals surface area contributed by atoms with E-state index in [2.05, 4.69) is 9.88 Å². The topological polar surface area (TPSA) is 45.7 Å². The molecule has 1 saturated carbocycles. The van der Waals surface area contributed by atoms with E-state index in [1.807, 2.05) is 4.90 Å². The third-order valence-electron chi connectivity index (χ3n) is 5.65. The van der Waals surface area contributed by atoms with Crippen LogP contribution in [0.5, 0.6) is 0 Å². The molecule has 1 aromatic rings. The highest BCUT2D eigenvalue weighted by Crippen LogP contribution is 2.40. The van der Waals surface area contributed by atoms with Gasteiger partial charge in [0.15, 0.2) is 0 Å². The van der Waals surface area contributed by atoms with E-state index in [9.17, 15) is 4.79 Å². The second-order valence-electron chi connectivity index (χ2n) is 7.03. The summed E-state index contributed by atoms with van der Waals surface area (Å²) in [6.45, 7) is 3.49. The number of aromatic nitrogens is 1. The standard InChI is InChI=1S/C18H24ClN3O2/c19-15-11-14(18(23)21-7-9-24-10-8-21)12-20-17(15)22-6-5-13-3-1-2-4-16(13)22/h11-13,16H,1-10H2/t13-,16-/m0/s1. The van der Waals surface area contributed by atoms with Crippen molar-refractivity contribution in [3.8, 4) is 0 Å². The molecule has 2 aliphatic heterocycles. The Morgan fingerprint density at radius 3 is 2.75 bits per heavy atom. The van der Waals surface area contributed by atoms with Gasteiger partial charge in [-0.2, -0.15) is 0 Å². The first-order valence-electron chi connectivity index (χ1n) is 9.03. The fraction of sp³-hybridized carbons (Fsp3) is 0.667. The number of carbonyl (C=O) groups excluding carboxylic acids is 1. The van der Waals surface area contributed by atoms with Crippen molar-refractivity contribution < 1.29 is 9.53 Å². The summed E-state index contributed by atoms with van der Waals surface area (Å²) in [5, 5.41) is 0.598. The molecule has 3 fully saturated rings. The molecule has 5 nitrogen and oxygen atoms in total. The molecule has 0 aromatic carbocycles. The predicted octanol–water partition coefficient (Wildman–Crippen LogP) is 2.98. The zero-order valence-corrected chi connectivity index (χ0v) is 14.7. The summed E-state index contributed by atoms with van der Waals surface area (Å²) in [6, 6.07) is 2.36. The lowest BCUT2D eigenvalue weighted by molar-refractivity contribution is 0.0302. The van der Waals surface area contributed by atoms with Crippen LogP contribution in [-0.4, -0.2) is 54.7 Å². The molecule has 6 heteroatoms. The first kappa shape index (κ1) is 16.2. The van der Waals surface area contributed by atoms with Crippen LogP contribution in [0.1, 0.15) is 42.5 Å². The molecule has 0 bridgehead atoms. The van der Waals surface area contributed by atoms with Gasteiger partial charge in [-0.25, -0.2) is 4.98 Å². The first-order chi connectivity index (χ1) is 11.7. The zero-order valence-electron chi connectivity index (χ0n) is 13.9. The number of hydrogen-bond donors (Lipinski definition) is 0. The number of hydrogen-bond acceptors (Lipinski definition) is 4. The van der Waals surface area contributed by atoms with Crippen LogP contribution in [0, 0.1) is 5.92 Å². The normalized spacial score (nSPS) is 27.2. The Labute approximate surface area is 147 Å². The summed E-state index contributed by atoms with van der Waals surface area (Å²) < 4.78 is 5.30. The van der Waals surface area contributed by atoms with Crippen LogP contribution in [0.4, 0.5) is 5.82 Å². The van der Waals surface area contributed by atoms with Gasteiger partial charge >= 0.3 is 0 Å². The Balaban J connectivity index is 1.52. The molecule has 2 saturated heterocycles. The number of ether oxygens (including phenoxy) is 1. The van der Waals surface area contributed by atoms with Crippen LogP contribution in [0.25, 0.3) is 0 Å². The molecule has 0 unspecified atom stereocenters. The molecule has 2 atom stereocenters. The largest absolute Gasteiger partial charge is 0.378 e. The molecule has 24 heavy (non-hydrogen) atoms. The maximum absolute atomic E-state index is 12.6. The monoisotopic (exact) mass is 349 g/mol. The van der Waals surface area contributed by atoms with E-state index in [0.717, 1.165) is 18.3 Å². The van der Waals surface area contributed by atoms with Gasteiger partial charge in [-0.3, -0.25) is 4.79 Å². The van der Waals surface area contributed by atoms with Gasteiger partial charge < -0.3 is 14.5 Å². The minimum Gasteiger partial charge on any atom is -0.378 e. The Morgan fingerprint density at radius 1 is 1.17 bits per heavy atom. The number of morpholine rings is 1. The lowest BCUT2D eigenvalue weighted by Gasteiger charge is -2.33. The van der Waals surface area contributed by atoms with Gasteiger partial charge in [-0.15, -0.1) is 0 Å². The number of pyridine rings is 1. The van der Waals surface area contributed by atoms with E-state index in [1.165, 1.54) is 32.1 Å². The molecule has 1 aromatic heterocycles. The first-order valence-corrected chi connectivity index (χ1v) is 9.41. The average Bonchev–Trinajstić information content (AvgIpc) is 3.06. The van der Waals surface area contributed by atoms with Crippen molar-refractivity contribution in [1.82, 2.24) is 9.88 Å². The van der Waals surface area contributed by atoms with E-state index in [1.54, 1.807) is 12.3 Å². The van der Waals surface area contributed by atoms with E-state index in [4.69, 9.17) is 16.3 Å². The summed E-state index contributed by atoms with van der Waals surface area (Å²) in [5.41, 5.74) is 0.574. The minimum absolute atomic E-state index is 0.00350. The quantitative estimate of drug-likeness (QED) is 0.823. The maximum Gasteiger partial charge on any atom is 0.255 e. The van der Waals surface area contributed by atoms with Crippen molar-refractivity contribution in [2.24, 2.45) is 5.92 Å². The number of rotatable bonds is 2. The highest BCUT2D eigenvalue weighted by molar-refractivity contribution is 6.33. The number of fused-ring (bicyclic) bond motifs is 1. The molecule has 3 aliphatic rings. The molecular weight excluding hydrogens is 326 g/mol. The SMILES string of the molecule is O=C(c1cnc(N2CC[C@@H]3CCCC[C@@H]32)c(Cl)c1)N1CCOCC1. The summed E-state index contributed by atoms with van der Waals surface area (Å²) in [6.07, 6.45) is 8.13. The molecule has 0 radical (unpaired) electrons. The predicted molar refractivity (Wildman–Crippen MR) is 93.7 cm³/mol. The number of halogens is 1. The van der Waals surface area contributed by atoms with Crippen molar-refractivity contribution in [2.75, 3.05) is 37.7 Å². The van der Waals surface area contributed by atoms with Crippen molar-refractivity contribution >= 4 is 23.3 Å². The summed E-state index contributed by atoms with van der Waals surface area (Å²) >= 11 is 6.52. The Hall–Kier alpha value is -1.33. The number of nitrogens with zero attached hydrogens (tertiary/aromatic N) is 3. The van der Waals surface area contributed by atoms with E-state index < -0.39 is 0 Å². The summed E-state index contributed by atoms with van der Waals surface area (Å²) in [5.74, 6) is 1.63. The molecule has 1 aliphatic carbocycles. The molecule has 0 N–H and O–H groups in total. The van der Waals surface area contributed by atoms with Gasteiger partial charge in [-0.1, -0.05) is 24.4 Å². The van der Waals surface area contributed by atoms with Gasteiger partial charge in [0.05, 0.1) is 23.8 Å². The number of carbonyl (C=O) groups is 1. The highest BCUT2D eigenvalue weighted by Gasteiger charge is 2.37. The van der Waals surface area contributed by atoms with Gasteiger partial charge in [0.2, 0.25) is 0 Å². The average molecular weight is 350 g/mol. The molecule has 4 rings (SSSR count). The second kappa shape index (κ2) is 6.89. The Bertz CT molecular complexity index is 618. The van der Waals surface area contributed by atoms with Crippen LogP contribution in [0.3, 0.4) is 0 Å². The van der Waals surface area contributed by atoms with E-state index >= 15 is 0 Å². The number of amides is 1. The highest BCUT2D eigenvalue weighted by atomic mass is 35.5. The lowest BCUT2D eigenvalue weighted by Crippen LogP contribution is -2.40. The van der Waals surface area contributed by atoms with Crippen LogP contribution in [-0.2, 0) is 4.74 Å². The van der Waals surface area contributed by atoms with Crippen molar-refractivity contribution in [2.45, 2.75) is 38.1 Å². The van der Waals surface area contributed by atoms with Crippen molar-refractivity contribution in [3.05, 3.63) is 22.8 Å². The number of anilines is 1. The smallest absolute Gasteiger partial charge is 0.255 e. The third-order valence-corrected chi connectivity index (χ3v) is 5.93. The summed E-state index contributed by atoms with van der Waals surface area (Å²) in [4.78, 5) is 21.3. The Kier molecular flexibility index (Phi) is 4.63. The fourth-order valence-corrected chi connectivity index (χ4v) is 4.65. The van der Waals surface area contributed by atoms with Crippen LogP contribution >= 0.6 is 11.6 Å². The maximum atomic E-state index is 12.6. The molecule has 1 amide bonds. The lowest BCUT2D eigenvalue weighted by atomic mass is 9.85. The minimum atomic E-state index is -0.00350. The molecule has 3 heterocycles. The second-order valence-corrected chi connectivity index (χ2v) is 7.44. The Morgan fingerprint density at radius 2 is 1.96 bits per heavy atom.